The van der Waals surface area contributed by atoms with E-state index in [1.54, 1.807) is 0 Å². The number of benzene rings is 1. The van der Waals surface area contributed by atoms with Crippen molar-refractivity contribution in [2.45, 2.75) is 19.4 Å². The second-order valence-electron chi connectivity index (χ2n) is 4.40. The van der Waals surface area contributed by atoms with Gasteiger partial charge in [0.05, 0.1) is 5.54 Å². The van der Waals surface area contributed by atoms with E-state index < -0.39 is 0 Å². The fourth-order valence-electron chi connectivity index (χ4n) is 1.83. The average Bonchev–Trinajstić information content (AvgIpc) is 2.79. The topological polar surface area (TPSA) is 22.0 Å². The van der Waals surface area contributed by atoms with Gasteiger partial charge in [0.25, 0.3) is 0 Å². The van der Waals surface area contributed by atoms with Crippen molar-refractivity contribution in [3.05, 3.63) is 59.9 Å². The molecule has 0 saturated heterocycles. The van der Waals surface area contributed by atoms with E-state index in [-0.39, 0.29) is 5.54 Å². The van der Waals surface area contributed by atoms with Gasteiger partial charge in [-0.15, -0.1) is 0 Å². The van der Waals surface area contributed by atoms with Crippen LogP contribution in [0, 0.1) is 0 Å². The number of hydrogen-bond acceptors (Lipinski definition) is 1. The number of carbonyl (C=O) groups excluding carboxylic acids is 1. The van der Waals surface area contributed by atoms with Crippen LogP contribution < -0.4 is 0 Å². The SMILES string of the molecule is CC(C)(c1ccccc1)n1ccc(C=O)c1. The molecule has 2 aromatic rings. The van der Waals surface area contributed by atoms with Crippen molar-refractivity contribution in [1.29, 1.82) is 0 Å². The molecule has 1 aromatic carbocycles. The van der Waals surface area contributed by atoms with E-state index in [1.165, 1.54) is 5.56 Å². The van der Waals surface area contributed by atoms with Gasteiger partial charge in [-0.3, -0.25) is 4.79 Å². The summed E-state index contributed by atoms with van der Waals surface area (Å²) in [6, 6.07) is 12.1. The van der Waals surface area contributed by atoms with E-state index in [1.807, 2.05) is 36.7 Å². The molecule has 0 aliphatic carbocycles. The van der Waals surface area contributed by atoms with Crippen molar-refractivity contribution >= 4 is 6.29 Å². The predicted octanol–water partition coefficient (Wildman–Crippen LogP) is 3.08. The fourth-order valence-corrected chi connectivity index (χ4v) is 1.83. The lowest BCUT2D eigenvalue weighted by Crippen LogP contribution is -2.26. The quantitative estimate of drug-likeness (QED) is 0.718. The third-order valence-corrected chi connectivity index (χ3v) is 2.98. The van der Waals surface area contributed by atoms with Crippen LogP contribution in [0.2, 0.25) is 0 Å². The van der Waals surface area contributed by atoms with E-state index in [0.29, 0.717) is 5.56 Å². The summed E-state index contributed by atoms with van der Waals surface area (Å²) in [4.78, 5) is 10.7. The Kier molecular flexibility index (Phi) is 2.65. The van der Waals surface area contributed by atoms with E-state index in [9.17, 15) is 4.79 Å². The lowest BCUT2D eigenvalue weighted by Gasteiger charge is -2.27. The molecule has 0 atom stereocenters. The maximum absolute atomic E-state index is 10.7. The molecule has 0 saturated carbocycles. The largest absolute Gasteiger partial charge is 0.344 e. The Morgan fingerprint density at radius 3 is 2.38 bits per heavy atom. The molecule has 16 heavy (non-hydrogen) atoms. The predicted molar refractivity (Wildman–Crippen MR) is 64.7 cm³/mol. The maximum Gasteiger partial charge on any atom is 0.151 e. The molecule has 0 amide bonds. The molecular formula is C14H15NO. The van der Waals surface area contributed by atoms with Gasteiger partial charge in [0.1, 0.15) is 0 Å². The van der Waals surface area contributed by atoms with Crippen molar-refractivity contribution in [3.63, 3.8) is 0 Å². The summed E-state index contributed by atoms with van der Waals surface area (Å²) in [5.41, 5.74) is 1.80. The highest BCUT2D eigenvalue weighted by atomic mass is 16.1. The molecule has 1 aromatic heterocycles. The lowest BCUT2D eigenvalue weighted by atomic mass is 9.94. The number of aldehydes is 1. The van der Waals surface area contributed by atoms with Crippen molar-refractivity contribution in [2.75, 3.05) is 0 Å². The molecule has 0 unspecified atom stereocenters. The molecule has 2 rings (SSSR count). The first-order valence-corrected chi connectivity index (χ1v) is 5.34. The summed E-state index contributed by atoms with van der Waals surface area (Å²) >= 11 is 0. The molecule has 1 heterocycles. The number of carbonyl (C=O) groups is 1. The van der Waals surface area contributed by atoms with Crippen LogP contribution in [0.3, 0.4) is 0 Å². The van der Waals surface area contributed by atoms with Crippen molar-refractivity contribution in [2.24, 2.45) is 0 Å². The third-order valence-electron chi connectivity index (χ3n) is 2.98. The average molecular weight is 213 g/mol. The van der Waals surface area contributed by atoms with E-state index in [2.05, 4.69) is 30.5 Å². The molecule has 0 spiro atoms. The molecule has 0 aliphatic heterocycles. The summed E-state index contributed by atoms with van der Waals surface area (Å²) in [7, 11) is 0. The zero-order chi connectivity index (χ0) is 11.6. The molecule has 0 radical (unpaired) electrons. The van der Waals surface area contributed by atoms with Crippen LogP contribution in [0.4, 0.5) is 0 Å². The maximum atomic E-state index is 10.7. The van der Waals surface area contributed by atoms with Gasteiger partial charge in [-0.2, -0.15) is 0 Å². The van der Waals surface area contributed by atoms with Crippen LogP contribution in [-0.2, 0) is 5.54 Å². The van der Waals surface area contributed by atoms with Gasteiger partial charge in [0.15, 0.2) is 6.29 Å². The van der Waals surface area contributed by atoms with Crippen LogP contribution >= 0.6 is 0 Å². The lowest BCUT2D eigenvalue weighted by molar-refractivity contribution is 0.112. The Hall–Kier alpha value is -1.83. The van der Waals surface area contributed by atoms with Gasteiger partial charge >= 0.3 is 0 Å². The zero-order valence-electron chi connectivity index (χ0n) is 9.55. The second kappa shape index (κ2) is 3.97. The normalized spacial score (nSPS) is 11.4. The minimum Gasteiger partial charge on any atom is -0.344 e. The Bertz CT molecular complexity index is 482. The van der Waals surface area contributed by atoms with Crippen LogP contribution in [0.5, 0.6) is 0 Å². The molecule has 0 bridgehead atoms. The first-order valence-electron chi connectivity index (χ1n) is 5.34. The molecule has 82 valence electrons. The first-order chi connectivity index (χ1) is 7.64. The van der Waals surface area contributed by atoms with E-state index >= 15 is 0 Å². The van der Waals surface area contributed by atoms with Crippen molar-refractivity contribution < 1.29 is 4.79 Å². The monoisotopic (exact) mass is 213 g/mol. The van der Waals surface area contributed by atoms with Gasteiger partial charge in [-0.1, -0.05) is 30.3 Å². The molecule has 2 nitrogen and oxygen atoms in total. The van der Waals surface area contributed by atoms with Gasteiger partial charge in [-0.25, -0.2) is 0 Å². The Morgan fingerprint density at radius 2 is 1.81 bits per heavy atom. The summed E-state index contributed by atoms with van der Waals surface area (Å²) in [5.74, 6) is 0. The van der Waals surface area contributed by atoms with Gasteiger partial charge in [0, 0.05) is 18.0 Å². The smallest absolute Gasteiger partial charge is 0.151 e. The summed E-state index contributed by atoms with van der Waals surface area (Å²) < 4.78 is 2.06. The van der Waals surface area contributed by atoms with Crippen LogP contribution in [0.25, 0.3) is 0 Å². The number of nitrogens with zero attached hydrogens (tertiary/aromatic N) is 1. The van der Waals surface area contributed by atoms with Gasteiger partial charge < -0.3 is 4.57 Å². The minimum atomic E-state index is -0.136. The van der Waals surface area contributed by atoms with Crippen molar-refractivity contribution in [1.82, 2.24) is 4.57 Å². The second-order valence-corrected chi connectivity index (χ2v) is 4.40. The highest BCUT2D eigenvalue weighted by molar-refractivity contribution is 5.74. The zero-order valence-corrected chi connectivity index (χ0v) is 9.55. The molecule has 0 fully saturated rings. The molecule has 2 heteroatoms. The van der Waals surface area contributed by atoms with E-state index in [4.69, 9.17) is 0 Å². The standard InChI is InChI=1S/C14H15NO/c1-14(2,13-6-4-3-5-7-13)15-9-8-12(10-15)11-16/h3-11H,1-2H3. The highest BCUT2D eigenvalue weighted by Crippen LogP contribution is 2.25. The Balaban J connectivity index is 2.42. The first kappa shape index (κ1) is 10.7. The van der Waals surface area contributed by atoms with Crippen LogP contribution in [-0.4, -0.2) is 10.9 Å². The molecule has 0 aliphatic rings. The van der Waals surface area contributed by atoms with E-state index in [0.717, 1.165) is 6.29 Å². The molecular weight excluding hydrogens is 198 g/mol. The van der Waals surface area contributed by atoms with Gasteiger partial charge in [-0.05, 0) is 25.5 Å². The molecule has 0 N–H and O–H groups in total. The number of hydrogen-bond donors (Lipinski definition) is 0. The summed E-state index contributed by atoms with van der Waals surface area (Å²) in [6.45, 7) is 4.27. The number of aromatic nitrogens is 1. The number of rotatable bonds is 3. The fraction of sp³-hybridized carbons (Fsp3) is 0.214. The summed E-state index contributed by atoms with van der Waals surface area (Å²) in [5, 5.41) is 0. The van der Waals surface area contributed by atoms with Gasteiger partial charge in [0.2, 0.25) is 0 Å². The third kappa shape index (κ3) is 1.78. The van der Waals surface area contributed by atoms with Crippen molar-refractivity contribution in [3.8, 4) is 0 Å². The Labute approximate surface area is 95.5 Å². The minimum absolute atomic E-state index is 0.136. The highest BCUT2D eigenvalue weighted by Gasteiger charge is 2.21. The van der Waals surface area contributed by atoms with Crippen LogP contribution in [0.15, 0.2) is 48.8 Å². The van der Waals surface area contributed by atoms with Crippen LogP contribution in [0.1, 0.15) is 29.8 Å². The Morgan fingerprint density at radius 1 is 1.12 bits per heavy atom. The summed E-state index contributed by atoms with van der Waals surface area (Å²) in [6.07, 6.45) is 4.69.